The highest BCUT2D eigenvalue weighted by Gasteiger charge is 2.10. The zero-order chi connectivity index (χ0) is 11.3. The molecule has 0 amide bonds. The van der Waals surface area contributed by atoms with Gasteiger partial charge in [0.2, 0.25) is 0 Å². The molecule has 0 atom stereocenters. The van der Waals surface area contributed by atoms with Crippen molar-refractivity contribution in [1.82, 2.24) is 0 Å². The number of hydrogen-bond donors (Lipinski definition) is 0. The van der Waals surface area contributed by atoms with Crippen molar-refractivity contribution in [2.24, 2.45) is 0 Å². The second-order valence-electron chi connectivity index (χ2n) is 3.15. The number of hydrogen-bond acceptors (Lipinski definition) is 4. The molecule has 0 bridgehead atoms. The Kier molecular flexibility index (Phi) is 4.00. The van der Waals surface area contributed by atoms with Crippen molar-refractivity contribution in [1.29, 1.82) is 0 Å². The molecular weight excluding hydrogens is 196 g/mol. The predicted octanol–water partition coefficient (Wildman–Crippen LogP) is 1.67. The highest BCUT2D eigenvalue weighted by molar-refractivity contribution is 5.90. The van der Waals surface area contributed by atoms with Crippen LogP contribution in [0, 0.1) is 6.92 Å². The van der Waals surface area contributed by atoms with Crippen LogP contribution >= 0.6 is 0 Å². The number of rotatable bonds is 4. The van der Waals surface area contributed by atoms with Gasteiger partial charge in [0, 0.05) is 0 Å². The number of carbonyl (C=O) groups is 2. The Morgan fingerprint density at radius 1 is 1.27 bits per heavy atom. The standard InChI is InChI=1S/C11H12O4/c1-8-5-3-4-6-10(8)11(13)15-14-7-9(2)12/h3-6H,7H2,1-2H3. The molecule has 1 aromatic rings. The van der Waals surface area contributed by atoms with E-state index in [2.05, 4.69) is 9.78 Å². The van der Waals surface area contributed by atoms with Crippen molar-refractivity contribution >= 4 is 11.8 Å². The summed E-state index contributed by atoms with van der Waals surface area (Å²) in [6, 6.07) is 6.98. The summed E-state index contributed by atoms with van der Waals surface area (Å²) in [5.74, 6) is -0.790. The number of Topliss-reactive ketones (excluding diaryl/α,β-unsaturated/α-hetero) is 1. The fourth-order valence-corrected chi connectivity index (χ4v) is 1.01. The molecule has 0 saturated carbocycles. The minimum Gasteiger partial charge on any atom is -0.297 e. The average Bonchev–Trinajstić information content (AvgIpc) is 2.17. The van der Waals surface area contributed by atoms with E-state index in [0.717, 1.165) is 5.56 Å². The zero-order valence-electron chi connectivity index (χ0n) is 8.65. The Labute approximate surface area is 87.7 Å². The van der Waals surface area contributed by atoms with Crippen LogP contribution in [-0.4, -0.2) is 18.4 Å². The molecule has 0 aromatic heterocycles. The molecule has 0 radical (unpaired) electrons. The number of ketones is 1. The molecule has 0 heterocycles. The maximum absolute atomic E-state index is 11.4. The van der Waals surface area contributed by atoms with Gasteiger partial charge in [0.25, 0.3) is 0 Å². The molecule has 0 spiro atoms. The number of aryl methyl sites for hydroxylation is 1. The summed E-state index contributed by atoms with van der Waals surface area (Å²) in [6.45, 7) is 2.92. The van der Waals surface area contributed by atoms with E-state index >= 15 is 0 Å². The van der Waals surface area contributed by atoms with Gasteiger partial charge in [-0.3, -0.25) is 9.68 Å². The molecule has 4 nitrogen and oxygen atoms in total. The van der Waals surface area contributed by atoms with Gasteiger partial charge in [0.05, 0.1) is 5.56 Å². The lowest BCUT2D eigenvalue weighted by atomic mass is 10.1. The van der Waals surface area contributed by atoms with Gasteiger partial charge in [0.15, 0.2) is 12.4 Å². The van der Waals surface area contributed by atoms with Crippen LogP contribution in [0.25, 0.3) is 0 Å². The first-order valence-corrected chi connectivity index (χ1v) is 4.50. The fourth-order valence-electron chi connectivity index (χ4n) is 1.01. The SMILES string of the molecule is CC(=O)COOC(=O)c1ccccc1C. The maximum atomic E-state index is 11.4. The molecule has 80 valence electrons. The molecule has 4 heteroatoms. The Bertz CT molecular complexity index is 371. The highest BCUT2D eigenvalue weighted by Crippen LogP contribution is 2.08. The van der Waals surface area contributed by atoms with Gasteiger partial charge >= 0.3 is 5.97 Å². The normalized spacial score (nSPS) is 9.73. The van der Waals surface area contributed by atoms with Gasteiger partial charge in [-0.25, -0.2) is 4.79 Å². The van der Waals surface area contributed by atoms with Crippen LogP contribution in [0.1, 0.15) is 22.8 Å². The van der Waals surface area contributed by atoms with Crippen molar-refractivity contribution < 1.29 is 19.4 Å². The molecule has 0 aliphatic rings. The topological polar surface area (TPSA) is 52.6 Å². The number of benzene rings is 1. The third-order valence-electron chi connectivity index (χ3n) is 1.76. The van der Waals surface area contributed by atoms with Crippen molar-refractivity contribution in [3.05, 3.63) is 35.4 Å². The molecule has 0 aliphatic heterocycles. The van der Waals surface area contributed by atoms with E-state index in [4.69, 9.17) is 0 Å². The van der Waals surface area contributed by atoms with Crippen molar-refractivity contribution in [2.75, 3.05) is 6.61 Å². The van der Waals surface area contributed by atoms with E-state index < -0.39 is 5.97 Å². The first-order valence-electron chi connectivity index (χ1n) is 4.50. The summed E-state index contributed by atoms with van der Waals surface area (Å²) in [5, 5.41) is 0. The predicted molar refractivity (Wildman–Crippen MR) is 53.2 cm³/mol. The Morgan fingerprint density at radius 3 is 2.53 bits per heavy atom. The van der Waals surface area contributed by atoms with Crippen LogP contribution < -0.4 is 0 Å². The molecule has 1 rings (SSSR count). The minimum absolute atomic E-state index is 0.201. The summed E-state index contributed by atoms with van der Waals surface area (Å²) >= 11 is 0. The number of carbonyl (C=O) groups excluding carboxylic acids is 2. The third kappa shape index (κ3) is 3.52. The molecule has 0 aliphatic carbocycles. The fraction of sp³-hybridized carbons (Fsp3) is 0.273. The maximum Gasteiger partial charge on any atom is 0.373 e. The molecular formula is C11H12O4. The monoisotopic (exact) mass is 208 g/mol. The third-order valence-corrected chi connectivity index (χ3v) is 1.76. The molecule has 0 unspecified atom stereocenters. The molecule has 0 fully saturated rings. The molecule has 0 saturated heterocycles. The summed E-state index contributed by atoms with van der Waals surface area (Å²) < 4.78 is 0. The van der Waals surface area contributed by atoms with Crippen LogP contribution in [0.2, 0.25) is 0 Å². The van der Waals surface area contributed by atoms with Crippen molar-refractivity contribution in [2.45, 2.75) is 13.8 Å². The Balaban J connectivity index is 2.54. The minimum atomic E-state index is -0.589. The van der Waals surface area contributed by atoms with Crippen LogP contribution in [0.3, 0.4) is 0 Å². The first-order chi connectivity index (χ1) is 7.11. The van der Waals surface area contributed by atoms with E-state index in [-0.39, 0.29) is 12.4 Å². The second kappa shape index (κ2) is 5.26. The van der Waals surface area contributed by atoms with Gasteiger partial charge in [0.1, 0.15) is 0 Å². The summed E-state index contributed by atoms with van der Waals surface area (Å²) in [7, 11) is 0. The van der Waals surface area contributed by atoms with E-state index in [1.54, 1.807) is 25.1 Å². The van der Waals surface area contributed by atoms with Gasteiger partial charge in [-0.1, -0.05) is 18.2 Å². The summed E-state index contributed by atoms with van der Waals surface area (Å²) in [6.07, 6.45) is 0. The Hall–Kier alpha value is -1.68. The average molecular weight is 208 g/mol. The van der Waals surface area contributed by atoms with Crippen LogP contribution in [0.15, 0.2) is 24.3 Å². The van der Waals surface area contributed by atoms with Gasteiger partial charge in [-0.15, -0.1) is 0 Å². The summed E-state index contributed by atoms with van der Waals surface area (Å²) in [5.41, 5.74) is 1.23. The lowest BCUT2D eigenvalue weighted by Crippen LogP contribution is -2.11. The van der Waals surface area contributed by atoms with E-state index in [1.807, 2.05) is 6.07 Å². The quantitative estimate of drug-likeness (QED) is 0.558. The lowest BCUT2D eigenvalue weighted by molar-refractivity contribution is -0.236. The molecule has 15 heavy (non-hydrogen) atoms. The van der Waals surface area contributed by atoms with E-state index in [9.17, 15) is 9.59 Å². The zero-order valence-corrected chi connectivity index (χ0v) is 8.65. The first kappa shape index (κ1) is 11.4. The van der Waals surface area contributed by atoms with Gasteiger partial charge in [-0.05, 0) is 25.5 Å². The van der Waals surface area contributed by atoms with E-state index in [1.165, 1.54) is 6.92 Å². The second-order valence-corrected chi connectivity index (χ2v) is 3.15. The van der Waals surface area contributed by atoms with E-state index in [0.29, 0.717) is 5.56 Å². The van der Waals surface area contributed by atoms with Gasteiger partial charge in [-0.2, -0.15) is 4.89 Å². The van der Waals surface area contributed by atoms with Gasteiger partial charge < -0.3 is 0 Å². The largest absolute Gasteiger partial charge is 0.373 e. The highest BCUT2D eigenvalue weighted by atomic mass is 17.2. The molecule has 1 aromatic carbocycles. The lowest BCUT2D eigenvalue weighted by Gasteiger charge is -2.04. The van der Waals surface area contributed by atoms with Crippen molar-refractivity contribution in [3.8, 4) is 0 Å². The van der Waals surface area contributed by atoms with Crippen LogP contribution in [0.5, 0.6) is 0 Å². The van der Waals surface area contributed by atoms with Crippen LogP contribution in [0.4, 0.5) is 0 Å². The smallest absolute Gasteiger partial charge is 0.297 e. The summed E-state index contributed by atoms with van der Waals surface area (Å²) in [4.78, 5) is 30.8. The van der Waals surface area contributed by atoms with Crippen molar-refractivity contribution in [3.63, 3.8) is 0 Å². The molecule has 0 N–H and O–H groups in total. The Morgan fingerprint density at radius 2 is 1.93 bits per heavy atom. The van der Waals surface area contributed by atoms with Crippen LogP contribution in [-0.2, 0) is 14.6 Å².